The van der Waals surface area contributed by atoms with Crippen LogP contribution in [0.25, 0.3) is 0 Å². The van der Waals surface area contributed by atoms with Gasteiger partial charge in [-0.3, -0.25) is 9.69 Å². The quantitative estimate of drug-likeness (QED) is 0.441. The van der Waals surface area contributed by atoms with E-state index in [0.29, 0.717) is 50.5 Å². The summed E-state index contributed by atoms with van der Waals surface area (Å²) in [7, 11) is 0. The molecule has 0 bridgehead atoms. The Balaban J connectivity index is 1.33. The van der Waals surface area contributed by atoms with Crippen molar-refractivity contribution < 1.29 is 22.7 Å². The van der Waals surface area contributed by atoms with Crippen LogP contribution in [0.2, 0.25) is 0 Å². The lowest BCUT2D eigenvalue weighted by Gasteiger charge is -2.35. The largest absolute Gasteiger partial charge is 0.489 e. The van der Waals surface area contributed by atoms with Gasteiger partial charge in [0.2, 0.25) is 0 Å². The number of hydrogen-bond donors (Lipinski definition) is 0. The highest BCUT2D eigenvalue weighted by molar-refractivity contribution is 5.94. The fourth-order valence-electron chi connectivity index (χ4n) is 4.21. The Labute approximate surface area is 203 Å². The summed E-state index contributed by atoms with van der Waals surface area (Å²) in [4.78, 5) is 17.0. The van der Waals surface area contributed by atoms with E-state index in [4.69, 9.17) is 4.74 Å². The van der Waals surface area contributed by atoms with Crippen molar-refractivity contribution in [3.63, 3.8) is 0 Å². The van der Waals surface area contributed by atoms with E-state index in [1.54, 1.807) is 17.0 Å². The van der Waals surface area contributed by atoms with Crippen LogP contribution < -0.4 is 4.74 Å². The van der Waals surface area contributed by atoms with Gasteiger partial charge in [-0.05, 0) is 60.4 Å². The third-order valence-corrected chi connectivity index (χ3v) is 6.23. The van der Waals surface area contributed by atoms with E-state index in [0.717, 1.165) is 28.5 Å². The smallest absolute Gasteiger partial charge is 0.416 e. The number of benzene rings is 3. The van der Waals surface area contributed by atoms with E-state index < -0.39 is 11.7 Å². The number of carbonyl (C=O) groups is 1. The number of amides is 1. The molecule has 1 heterocycles. The van der Waals surface area contributed by atoms with Gasteiger partial charge in [0.15, 0.2) is 0 Å². The molecule has 1 saturated heterocycles. The molecule has 1 aliphatic heterocycles. The highest BCUT2D eigenvalue weighted by Gasteiger charge is 2.30. The third-order valence-electron chi connectivity index (χ3n) is 6.23. The van der Waals surface area contributed by atoms with Gasteiger partial charge in [-0.25, -0.2) is 0 Å². The zero-order valence-corrected chi connectivity index (χ0v) is 19.9. The highest BCUT2D eigenvalue weighted by Crippen LogP contribution is 2.30. The molecule has 3 aromatic rings. The summed E-state index contributed by atoms with van der Waals surface area (Å²) in [6.45, 7) is 7.09. The van der Waals surface area contributed by atoms with Gasteiger partial charge in [0.1, 0.15) is 12.4 Å². The number of rotatable bonds is 6. The zero-order valence-electron chi connectivity index (χ0n) is 19.9. The van der Waals surface area contributed by atoms with Crippen molar-refractivity contribution in [3.05, 3.63) is 100 Å². The Morgan fingerprint density at radius 1 is 0.886 bits per heavy atom. The lowest BCUT2D eigenvalue weighted by Crippen LogP contribution is -2.48. The Morgan fingerprint density at radius 2 is 1.60 bits per heavy atom. The molecule has 1 amide bonds. The molecule has 0 spiro atoms. The molecule has 0 aromatic heterocycles. The van der Waals surface area contributed by atoms with Crippen LogP contribution >= 0.6 is 0 Å². The van der Waals surface area contributed by atoms with E-state index in [-0.39, 0.29) is 5.91 Å². The normalized spacial score (nSPS) is 14.7. The predicted molar refractivity (Wildman–Crippen MR) is 129 cm³/mol. The van der Waals surface area contributed by atoms with E-state index >= 15 is 0 Å². The van der Waals surface area contributed by atoms with Crippen molar-refractivity contribution in [1.82, 2.24) is 9.80 Å². The molecule has 0 saturated carbocycles. The molecule has 184 valence electrons. The van der Waals surface area contributed by atoms with Gasteiger partial charge >= 0.3 is 6.18 Å². The molecule has 0 atom stereocenters. The van der Waals surface area contributed by atoms with Gasteiger partial charge < -0.3 is 9.64 Å². The van der Waals surface area contributed by atoms with Crippen LogP contribution in [0.4, 0.5) is 13.2 Å². The number of carbonyl (C=O) groups excluding carboxylic acids is 1. The van der Waals surface area contributed by atoms with Crippen molar-refractivity contribution in [3.8, 4) is 5.75 Å². The van der Waals surface area contributed by atoms with Crippen molar-refractivity contribution in [2.24, 2.45) is 0 Å². The molecule has 0 radical (unpaired) electrons. The molecule has 0 N–H and O–H groups in total. The van der Waals surface area contributed by atoms with Crippen molar-refractivity contribution in [2.75, 3.05) is 26.2 Å². The maximum absolute atomic E-state index is 13.1. The SMILES string of the molecule is Cc1ccc(C)c(OCc2cccc(C(=O)N3CCN(Cc4cccc(C(F)(F)F)c4)CC3)c2)c1. The molecule has 4 nitrogen and oxygen atoms in total. The van der Waals surface area contributed by atoms with Gasteiger partial charge in [0.25, 0.3) is 5.91 Å². The number of halogens is 3. The first kappa shape index (κ1) is 24.8. The van der Waals surface area contributed by atoms with Crippen LogP contribution in [0, 0.1) is 13.8 Å². The molecule has 35 heavy (non-hydrogen) atoms. The average Bonchev–Trinajstić information content (AvgIpc) is 2.84. The van der Waals surface area contributed by atoms with Crippen LogP contribution in [-0.2, 0) is 19.3 Å². The number of aryl methyl sites for hydroxylation is 2. The first-order valence-corrected chi connectivity index (χ1v) is 11.7. The lowest BCUT2D eigenvalue weighted by molar-refractivity contribution is -0.137. The second kappa shape index (κ2) is 10.5. The van der Waals surface area contributed by atoms with E-state index in [1.165, 1.54) is 12.1 Å². The molecule has 1 aliphatic rings. The second-order valence-electron chi connectivity index (χ2n) is 9.02. The Bertz CT molecular complexity index is 1180. The maximum atomic E-state index is 13.1. The topological polar surface area (TPSA) is 32.8 Å². The van der Waals surface area contributed by atoms with Gasteiger partial charge in [-0.1, -0.05) is 42.5 Å². The minimum Gasteiger partial charge on any atom is -0.489 e. The first-order valence-electron chi connectivity index (χ1n) is 11.7. The number of hydrogen-bond acceptors (Lipinski definition) is 3. The maximum Gasteiger partial charge on any atom is 0.416 e. The summed E-state index contributed by atoms with van der Waals surface area (Å²) in [5.41, 5.74) is 3.70. The van der Waals surface area contributed by atoms with Crippen molar-refractivity contribution >= 4 is 5.91 Å². The monoisotopic (exact) mass is 482 g/mol. The minimum atomic E-state index is -4.35. The van der Waals surface area contributed by atoms with E-state index in [9.17, 15) is 18.0 Å². The van der Waals surface area contributed by atoms with Gasteiger partial charge in [-0.2, -0.15) is 13.2 Å². The average molecular weight is 483 g/mol. The molecule has 0 unspecified atom stereocenters. The van der Waals surface area contributed by atoms with Crippen molar-refractivity contribution in [1.29, 1.82) is 0 Å². The second-order valence-corrected chi connectivity index (χ2v) is 9.02. The summed E-state index contributed by atoms with van der Waals surface area (Å²) in [6.07, 6.45) is -4.35. The molecule has 0 aliphatic carbocycles. The van der Waals surface area contributed by atoms with Crippen LogP contribution in [0.3, 0.4) is 0 Å². The Morgan fingerprint density at radius 3 is 2.34 bits per heavy atom. The fraction of sp³-hybridized carbons (Fsp3) is 0.321. The van der Waals surface area contributed by atoms with Crippen molar-refractivity contribution in [2.45, 2.75) is 33.2 Å². The molecular weight excluding hydrogens is 453 g/mol. The molecule has 3 aromatic carbocycles. The standard InChI is InChI=1S/C28H29F3N2O2/c1-20-9-10-21(2)26(15-20)35-19-23-6-3-7-24(16-23)27(34)33-13-11-32(12-14-33)18-22-5-4-8-25(17-22)28(29,30)31/h3-10,15-17H,11-14,18-19H2,1-2H3. The van der Waals surface area contributed by atoms with E-state index in [2.05, 4.69) is 4.90 Å². The summed E-state index contributed by atoms with van der Waals surface area (Å²) < 4.78 is 44.9. The fourth-order valence-corrected chi connectivity index (χ4v) is 4.21. The molecular formula is C28H29F3N2O2. The van der Waals surface area contributed by atoms with Gasteiger partial charge in [0, 0.05) is 38.3 Å². The molecule has 4 rings (SSSR count). The van der Waals surface area contributed by atoms with Gasteiger partial charge in [0.05, 0.1) is 5.56 Å². The number of alkyl halides is 3. The summed E-state index contributed by atoms with van der Waals surface area (Å²) in [6, 6.07) is 19.0. The number of nitrogens with zero attached hydrogens (tertiary/aromatic N) is 2. The summed E-state index contributed by atoms with van der Waals surface area (Å²) in [5, 5.41) is 0. The summed E-state index contributed by atoms with van der Waals surface area (Å²) in [5.74, 6) is 0.788. The molecule has 7 heteroatoms. The van der Waals surface area contributed by atoms with Crippen LogP contribution in [0.1, 0.15) is 38.2 Å². The Hall–Kier alpha value is -3.32. The number of ether oxygens (including phenoxy) is 1. The lowest BCUT2D eigenvalue weighted by atomic mass is 10.1. The highest BCUT2D eigenvalue weighted by atomic mass is 19.4. The van der Waals surface area contributed by atoms with Gasteiger partial charge in [-0.15, -0.1) is 0 Å². The third kappa shape index (κ3) is 6.42. The summed E-state index contributed by atoms with van der Waals surface area (Å²) >= 11 is 0. The molecule has 1 fully saturated rings. The predicted octanol–water partition coefficient (Wildman–Crippen LogP) is 5.86. The van der Waals surface area contributed by atoms with E-state index in [1.807, 2.05) is 50.2 Å². The minimum absolute atomic E-state index is 0.0442. The first-order chi connectivity index (χ1) is 16.7. The zero-order chi connectivity index (χ0) is 25.0. The van der Waals surface area contributed by atoms with Crippen LogP contribution in [-0.4, -0.2) is 41.9 Å². The Kier molecular flexibility index (Phi) is 7.45. The number of piperazine rings is 1. The van der Waals surface area contributed by atoms with Crippen LogP contribution in [0.15, 0.2) is 66.7 Å². The van der Waals surface area contributed by atoms with Crippen LogP contribution in [0.5, 0.6) is 5.75 Å².